The van der Waals surface area contributed by atoms with Crippen molar-refractivity contribution in [1.29, 1.82) is 0 Å². The van der Waals surface area contributed by atoms with Gasteiger partial charge in [0, 0.05) is 13.1 Å². The molecular formula is C14H14N4O4. The van der Waals surface area contributed by atoms with E-state index in [0.717, 1.165) is 5.56 Å². The molecule has 1 aliphatic rings. The van der Waals surface area contributed by atoms with Crippen LogP contribution in [0.3, 0.4) is 0 Å². The molecule has 8 nitrogen and oxygen atoms in total. The number of carboxylic acid groups (broad SMARTS) is 1. The van der Waals surface area contributed by atoms with E-state index in [1.807, 2.05) is 30.3 Å². The highest BCUT2D eigenvalue weighted by Gasteiger charge is 2.34. The van der Waals surface area contributed by atoms with Crippen molar-refractivity contribution in [1.82, 2.24) is 19.9 Å². The molecule has 1 amide bonds. The second-order valence-corrected chi connectivity index (χ2v) is 4.99. The van der Waals surface area contributed by atoms with Crippen LogP contribution in [0, 0.1) is 0 Å². The molecule has 2 aromatic rings. The zero-order valence-electron chi connectivity index (χ0n) is 11.6. The first-order chi connectivity index (χ1) is 10.6. The maximum atomic E-state index is 11.9. The smallest absolute Gasteiger partial charge is 0.410 e. The van der Waals surface area contributed by atoms with Crippen LogP contribution in [0.1, 0.15) is 22.1 Å². The molecule has 1 aliphatic heterocycles. The number of aromatic carboxylic acids is 1. The maximum absolute atomic E-state index is 11.9. The van der Waals surface area contributed by atoms with E-state index >= 15 is 0 Å². The van der Waals surface area contributed by atoms with Crippen LogP contribution in [-0.2, 0) is 11.3 Å². The van der Waals surface area contributed by atoms with Crippen LogP contribution in [0.15, 0.2) is 36.5 Å². The maximum Gasteiger partial charge on any atom is 0.410 e. The van der Waals surface area contributed by atoms with Crippen molar-refractivity contribution >= 4 is 12.1 Å². The Morgan fingerprint density at radius 2 is 2.00 bits per heavy atom. The van der Waals surface area contributed by atoms with E-state index in [2.05, 4.69) is 10.3 Å². The first-order valence-electron chi connectivity index (χ1n) is 6.74. The van der Waals surface area contributed by atoms with Gasteiger partial charge >= 0.3 is 12.1 Å². The molecule has 1 saturated heterocycles. The fraction of sp³-hybridized carbons (Fsp3) is 0.286. The van der Waals surface area contributed by atoms with E-state index in [9.17, 15) is 9.59 Å². The molecule has 2 heterocycles. The fourth-order valence-electron chi connectivity index (χ4n) is 2.14. The lowest BCUT2D eigenvalue weighted by atomic mass is 10.1. The number of hydrogen-bond donors (Lipinski definition) is 1. The fourth-order valence-corrected chi connectivity index (χ4v) is 2.14. The Morgan fingerprint density at radius 1 is 1.27 bits per heavy atom. The molecule has 0 spiro atoms. The number of ether oxygens (including phenoxy) is 1. The van der Waals surface area contributed by atoms with Crippen molar-refractivity contribution in [3.8, 4) is 0 Å². The van der Waals surface area contributed by atoms with E-state index in [4.69, 9.17) is 9.84 Å². The highest BCUT2D eigenvalue weighted by atomic mass is 16.6. The molecule has 0 aliphatic carbocycles. The summed E-state index contributed by atoms with van der Waals surface area (Å²) in [4.78, 5) is 24.1. The molecule has 22 heavy (non-hydrogen) atoms. The minimum absolute atomic E-state index is 0.0649. The van der Waals surface area contributed by atoms with Gasteiger partial charge in [0.25, 0.3) is 0 Å². The van der Waals surface area contributed by atoms with E-state index in [0.29, 0.717) is 13.1 Å². The lowest BCUT2D eigenvalue weighted by Gasteiger charge is -2.37. The highest BCUT2D eigenvalue weighted by Crippen LogP contribution is 2.21. The van der Waals surface area contributed by atoms with Gasteiger partial charge in [-0.25, -0.2) is 14.3 Å². The quantitative estimate of drug-likeness (QED) is 0.910. The summed E-state index contributed by atoms with van der Waals surface area (Å²) in [6, 6.07) is 9.37. The van der Waals surface area contributed by atoms with Crippen molar-refractivity contribution in [2.45, 2.75) is 12.6 Å². The van der Waals surface area contributed by atoms with Crippen LogP contribution in [0.25, 0.3) is 0 Å². The number of amides is 1. The molecular weight excluding hydrogens is 288 g/mol. The molecule has 3 rings (SSSR count). The van der Waals surface area contributed by atoms with Crippen LogP contribution in [-0.4, -0.2) is 50.2 Å². The van der Waals surface area contributed by atoms with Crippen LogP contribution < -0.4 is 0 Å². The minimum atomic E-state index is -1.12. The third-order valence-electron chi connectivity index (χ3n) is 3.43. The highest BCUT2D eigenvalue weighted by molar-refractivity contribution is 5.84. The number of likely N-dealkylation sites (tertiary alicyclic amines) is 1. The van der Waals surface area contributed by atoms with Crippen LogP contribution in [0.4, 0.5) is 4.79 Å². The molecule has 0 unspecified atom stereocenters. The third kappa shape index (κ3) is 2.90. The van der Waals surface area contributed by atoms with Crippen molar-refractivity contribution in [2.24, 2.45) is 0 Å². The largest absolute Gasteiger partial charge is 0.476 e. The second kappa shape index (κ2) is 5.84. The van der Waals surface area contributed by atoms with Gasteiger partial charge in [-0.15, -0.1) is 5.10 Å². The number of rotatable bonds is 4. The van der Waals surface area contributed by atoms with Gasteiger partial charge in [-0.3, -0.25) is 0 Å². The number of nitrogens with zero attached hydrogens (tertiary/aromatic N) is 4. The summed E-state index contributed by atoms with van der Waals surface area (Å²) in [6.07, 6.45) is 0.971. The molecule has 0 atom stereocenters. The lowest BCUT2D eigenvalue weighted by molar-refractivity contribution is 0.0491. The van der Waals surface area contributed by atoms with E-state index in [1.54, 1.807) is 0 Å². The second-order valence-electron chi connectivity index (χ2n) is 4.99. The molecule has 0 bridgehead atoms. The van der Waals surface area contributed by atoms with E-state index in [-0.39, 0.29) is 18.3 Å². The molecule has 1 aromatic heterocycles. The first kappa shape index (κ1) is 14.1. The number of hydrogen-bond acceptors (Lipinski definition) is 5. The van der Waals surface area contributed by atoms with Gasteiger partial charge < -0.3 is 14.7 Å². The predicted octanol–water partition coefficient (Wildman–Crippen LogP) is 1.17. The summed E-state index contributed by atoms with van der Waals surface area (Å²) >= 11 is 0. The number of carbonyl (C=O) groups is 2. The number of carboxylic acids is 1. The van der Waals surface area contributed by atoms with Gasteiger partial charge in [0.05, 0.1) is 12.2 Å². The topological polar surface area (TPSA) is 97.5 Å². The van der Waals surface area contributed by atoms with Gasteiger partial charge in [-0.1, -0.05) is 35.5 Å². The Hall–Kier alpha value is -2.90. The molecule has 1 aromatic carbocycles. The van der Waals surface area contributed by atoms with Crippen LogP contribution in [0.5, 0.6) is 0 Å². The molecule has 1 N–H and O–H groups in total. The summed E-state index contributed by atoms with van der Waals surface area (Å²) in [5, 5.41) is 16.1. The van der Waals surface area contributed by atoms with E-state index < -0.39 is 12.1 Å². The molecule has 1 fully saturated rings. The molecule has 8 heteroatoms. The van der Waals surface area contributed by atoms with Gasteiger partial charge in [-0.05, 0) is 5.56 Å². The number of carbonyl (C=O) groups excluding carboxylic acids is 1. The van der Waals surface area contributed by atoms with Gasteiger partial charge in [0.1, 0.15) is 6.61 Å². The van der Waals surface area contributed by atoms with Gasteiger partial charge in [0.15, 0.2) is 5.69 Å². The zero-order chi connectivity index (χ0) is 15.5. The molecule has 0 saturated carbocycles. The van der Waals surface area contributed by atoms with Crippen molar-refractivity contribution in [3.63, 3.8) is 0 Å². The summed E-state index contributed by atoms with van der Waals surface area (Å²) in [5.74, 6) is -1.12. The Bertz CT molecular complexity index is 679. The SMILES string of the molecule is O=C(O)c1cn(C2CN(C(=O)OCc3ccccc3)C2)nn1. The Balaban J connectivity index is 1.48. The van der Waals surface area contributed by atoms with Crippen molar-refractivity contribution < 1.29 is 19.4 Å². The summed E-state index contributed by atoms with van der Waals surface area (Å²) in [6.45, 7) is 1.08. The van der Waals surface area contributed by atoms with Crippen LogP contribution in [0.2, 0.25) is 0 Å². The number of benzene rings is 1. The lowest BCUT2D eigenvalue weighted by Crippen LogP contribution is -2.51. The monoisotopic (exact) mass is 302 g/mol. The zero-order valence-corrected chi connectivity index (χ0v) is 11.6. The predicted molar refractivity (Wildman–Crippen MR) is 74.2 cm³/mol. The molecule has 0 radical (unpaired) electrons. The average Bonchev–Trinajstić information content (AvgIpc) is 2.94. The van der Waals surface area contributed by atoms with Gasteiger partial charge in [-0.2, -0.15) is 0 Å². The first-order valence-corrected chi connectivity index (χ1v) is 6.74. The van der Waals surface area contributed by atoms with Crippen molar-refractivity contribution in [2.75, 3.05) is 13.1 Å². The van der Waals surface area contributed by atoms with Gasteiger partial charge in [0.2, 0.25) is 0 Å². The van der Waals surface area contributed by atoms with Crippen LogP contribution >= 0.6 is 0 Å². The summed E-state index contributed by atoms with van der Waals surface area (Å²) in [7, 11) is 0. The standard InChI is InChI=1S/C14H14N4O4/c19-13(20)12-8-18(16-15-12)11-6-17(7-11)14(21)22-9-10-4-2-1-3-5-10/h1-5,8,11H,6-7,9H2,(H,19,20). The molecule has 114 valence electrons. The Labute approximate surface area is 125 Å². The summed E-state index contributed by atoms with van der Waals surface area (Å²) < 4.78 is 6.67. The third-order valence-corrected chi connectivity index (χ3v) is 3.43. The normalized spacial score (nSPS) is 14.5. The average molecular weight is 302 g/mol. The van der Waals surface area contributed by atoms with E-state index in [1.165, 1.54) is 15.8 Å². The summed E-state index contributed by atoms with van der Waals surface area (Å²) in [5.41, 5.74) is 0.820. The Morgan fingerprint density at radius 3 is 2.64 bits per heavy atom. The Kier molecular flexibility index (Phi) is 3.73. The van der Waals surface area contributed by atoms with Crippen molar-refractivity contribution in [3.05, 3.63) is 47.8 Å². The number of aromatic nitrogens is 3. The minimum Gasteiger partial charge on any atom is -0.476 e.